The maximum atomic E-state index is 12.4. The molecule has 0 saturated heterocycles. The molecule has 1 unspecified atom stereocenters. The lowest BCUT2D eigenvalue weighted by Gasteiger charge is -2.15. The summed E-state index contributed by atoms with van der Waals surface area (Å²) in [5.41, 5.74) is 3.48. The Labute approximate surface area is 159 Å². The zero-order valence-electron chi connectivity index (χ0n) is 15.1. The van der Waals surface area contributed by atoms with Crippen LogP contribution in [0.1, 0.15) is 37.3 Å². The van der Waals surface area contributed by atoms with Gasteiger partial charge in [-0.15, -0.1) is 0 Å². The van der Waals surface area contributed by atoms with Gasteiger partial charge in [0.15, 0.2) is 0 Å². The van der Waals surface area contributed by atoms with E-state index in [1.807, 2.05) is 43.3 Å². The van der Waals surface area contributed by atoms with Crippen LogP contribution < -0.4 is 10.6 Å². The van der Waals surface area contributed by atoms with Crippen molar-refractivity contribution in [1.29, 1.82) is 5.26 Å². The van der Waals surface area contributed by atoms with Gasteiger partial charge in [0.05, 0.1) is 0 Å². The van der Waals surface area contributed by atoms with Crippen LogP contribution in [0.15, 0.2) is 54.2 Å². The number of carbonyl (C=O) groups excluding carboxylic acids is 1. The van der Waals surface area contributed by atoms with Gasteiger partial charge in [-0.1, -0.05) is 49.7 Å². The molecule has 0 spiro atoms. The minimum absolute atomic E-state index is 0.0108. The third-order valence-corrected chi connectivity index (χ3v) is 4.52. The molecule has 26 heavy (non-hydrogen) atoms. The van der Waals surface area contributed by atoms with Crippen LogP contribution in [0.2, 0.25) is 5.02 Å². The van der Waals surface area contributed by atoms with E-state index in [4.69, 9.17) is 11.6 Å². The van der Waals surface area contributed by atoms with Crippen molar-refractivity contribution in [3.8, 4) is 6.07 Å². The maximum absolute atomic E-state index is 12.4. The molecule has 0 aliphatic carbocycles. The third kappa shape index (κ3) is 4.87. The lowest BCUT2D eigenvalue weighted by molar-refractivity contribution is -0.112. The van der Waals surface area contributed by atoms with E-state index in [0.717, 1.165) is 23.2 Å². The van der Waals surface area contributed by atoms with E-state index in [1.54, 1.807) is 12.1 Å². The second kappa shape index (κ2) is 9.07. The highest BCUT2D eigenvalue weighted by molar-refractivity contribution is 6.31. The van der Waals surface area contributed by atoms with Gasteiger partial charge < -0.3 is 10.6 Å². The molecule has 2 rings (SSSR count). The fourth-order valence-corrected chi connectivity index (χ4v) is 2.67. The van der Waals surface area contributed by atoms with E-state index in [-0.39, 0.29) is 5.57 Å². The molecule has 0 aliphatic heterocycles. The number of halogens is 1. The van der Waals surface area contributed by atoms with Crippen molar-refractivity contribution >= 4 is 28.9 Å². The maximum Gasteiger partial charge on any atom is 0.267 e. The van der Waals surface area contributed by atoms with Crippen molar-refractivity contribution in [2.75, 3.05) is 10.6 Å². The zero-order valence-corrected chi connectivity index (χ0v) is 15.9. The highest BCUT2D eigenvalue weighted by Crippen LogP contribution is 2.26. The summed E-state index contributed by atoms with van der Waals surface area (Å²) in [6.07, 6.45) is 2.44. The van der Waals surface area contributed by atoms with Crippen LogP contribution in [0.5, 0.6) is 0 Å². The van der Waals surface area contributed by atoms with Crippen molar-refractivity contribution in [2.24, 2.45) is 0 Å². The van der Waals surface area contributed by atoms with Crippen LogP contribution >= 0.6 is 11.6 Å². The van der Waals surface area contributed by atoms with Crippen molar-refractivity contribution in [3.05, 3.63) is 70.4 Å². The van der Waals surface area contributed by atoms with Gasteiger partial charge in [0, 0.05) is 22.6 Å². The number of aryl methyl sites for hydroxylation is 1. The van der Waals surface area contributed by atoms with E-state index < -0.39 is 5.91 Å². The van der Waals surface area contributed by atoms with Gasteiger partial charge in [0.1, 0.15) is 11.6 Å². The van der Waals surface area contributed by atoms with Gasteiger partial charge >= 0.3 is 0 Å². The molecule has 0 fully saturated rings. The Morgan fingerprint density at radius 2 is 2.00 bits per heavy atom. The van der Waals surface area contributed by atoms with E-state index in [0.29, 0.717) is 16.6 Å². The third-order valence-electron chi connectivity index (χ3n) is 4.29. The molecule has 2 aromatic carbocycles. The Morgan fingerprint density at radius 1 is 1.27 bits per heavy atom. The summed E-state index contributed by atoms with van der Waals surface area (Å²) in [4.78, 5) is 12.4. The quantitative estimate of drug-likeness (QED) is 0.514. The molecular weight excluding hydrogens is 346 g/mol. The van der Waals surface area contributed by atoms with E-state index in [2.05, 4.69) is 24.5 Å². The molecule has 1 amide bonds. The molecule has 134 valence electrons. The summed E-state index contributed by atoms with van der Waals surface area (Å²) >= 11 is 5.97. The fraction of sp³-hybridized carbons (Fsp3) is 0.238. The minimum atomic E-state index is -0.480. The lowest BCUT2D eigenvalue weighted by atomic mass is 9.97. The van der Waals surface area contributed by atoms with Gasteiger partial charge in [0.25, 0.3) is 5.91 Å². The number of amides is 1. The molecule has 0 bridgehead atoms. The molecule has 0 aliphatic rings. The van der Waals surface area contributed by atoms with Gasteiger partial charge in [-0.3, -0.25) is 4.79 Å². The monoisotopic (exact) mass is 367 g/mol. The number of nitrogens with zero attached hydrogens (tertiary/aromatic N) is 1. The first-order chi connectivity index (χ1) is 12.5. The molecule has 0 heterocycles. The van der Waals surface area contributed by atoms with E-state index >= 15 is 0 Å². The number of nitrogens with one attached hydrogen (secondary N) is 2. The molecule has 0 radical (unpaired) electrons. The number of rotatable bonds is 6. The first-order valence-corrected chi connectivity index (χ1v) is 8.87. The predicted octanol–water partition coefficient (Wildman–Crippen LogP) is 5.62. The van der Waals surface area contributed by atoms with Crippen LogP contribution in [-0.2, 0) is 4.79 Å². The molecular formula is C21H22ClN3O. The average molecular weight is 368 g/mol. The average Bonchev–Trinajstić information content (AvgIpc) is 2.65. The lowest BCUT2D eigenvalue weighted by Crippen LogP contribution is -2.15. The summed E-state index contributed by atoms with van der Waals surface area (Å²) in [6.45, 7) is 6.13. The SMILES string of the molecule is CCC(C)c1ccccc1N/C=C(/C#N)C(=O)Nc1cc(Cl)ccc1C. The number of benzene rings is 2. The molecule has 4 nitrogen and oxygen atoms in total. The topological polar surface area (TPSA) is 64.9 Å². The number of para-hydroxylation sites is 1. The molecule has 1 atom stereocenters. The molecule has 5 heteroatoms. The number of carbonyl (C=O) groups is 1. The van der Waals surface area contributed by atoms with Crippen LogP contribution in [0.25, 0.3) is 0 Å². The van der Waals surface area contributed by atoms with E-state index in [9.17, 15) is 10.1 Å². The zero-order chi connectivity index (χ0) is 19.1. The second-order valence-electron chi connectivity index (χ2n) is 6.12. The Balaban J connectivity index is 2.19. The molecule has 2 N–H and O–H groups in total. The smallest absolute Gasteiger partial charge is 0.267 e. The Kier molecular flexibility index (Phi) is 6.82. The molecule has 0 aromatic heterocycles. The summed E-state index contributed by atoms with van der Waals surface area (Å²) in [5.74, 6) is -0.105. The predicted molar refractivity (Wildman–Crippen MR) is 107 cm³/mol. The molecule has 2 aromatic rings. The van der Waals surface area contributed by atoms with Gasteiger partial charge in [-0.05, 0) is 48.6 Å². The number of hydrogen-bond donors (Lipinski definition) is 2. The Bertz CT molecular complexity index is 868. The largest absolute Gasteiger partial charge is 0.360 e. The van der Waals surface area contributed by atoms with Crippen molar-refractivity contribution in [3.63, 3.8) is 0 Å². The summed E-state index contributed by atoms with van der Waals surface area (Å²) in [7, 11) is 0. The Morgan fingerprint density at radius 3 is 2.69 bits per heavy atom. The summed E-state index contributed by atoms with van der Waals surface area (Å²) in [6, 6.07) is 15.1. The van der Waals surface area contributed by atoms with Gasteiger partial charge in [-0.25, -0.2) is 0 Å². The Hall–Kier alpha value is -2.77. The normalized spacial score (nSPS) is 12.2. The standard InChI is InChI=1S/C21H22ClN3O/c1-4-14(2)18-7-5-6-8-19(18)24-13-16(12-23)21(26)25-20-11-17(22)10-9-15(20)3/h5-11,13-14,24H,4H2,1-3H3,(H,25,26)/b16-13-. The number of anilines is 2. The van der Waals surface area contributed by atoms with Crippen LogP contribution in [0, 0.1) is 18.3 Å². The number of hydrogen-bond acceptors (Lipinski definition) is 3. The van der Waals surface area contributed by atoms with Crippen molar-refractivity contribution in [1.82, 2.24) is 0 Å². The van der Waals surface area contributed by atoms with Crippen LogP contribution in [0.3, 0.4) is 0 Å². The van der Waals surface area contributed by atoms with Crippen molar-refractivity contribution < 1.29 is 4.79 Å². The molecule has 0 saturated carbocycles. The van der Waals surface area contributed by atoms with Gasteiger partial charge in [-0.2, -0.15) is 5.26 Å². The van der Waals surface area contributed by atoms with Crippen LogP contribution in [-0.4, -0.2) is 5.91 Å². The highest BCUT2D eigenvalue weighted by atomic mass is 35.5. The number of nitriles is 1. The van der Waals surface area contributed by atoms with E-state index in [1.165, 1.54) is 6.20 Å². The second-order valence-corrected chi connectivity index (χ2v) is 6.56. The summed E-state index contributed by atoms with van der Waals surface area (Å²) < 4.78 is 0. The highest BCUT2D eigenvalue weighted by Gasteiger charge is 2.12. The fourth-order valence-electron chi connectivity index (χ4n) is 2.50. The van der Waals surface area contributed by atoms with Crippen LogP contribution in [0.4, 0.5) is 11.4 Å². The van der Waals surface area contributed by atoms with Gasteiger partial charge in [0.2, 0.25) is 0 Å². The summed E-state index contributed by atoms with van der Waals surface area (Å²) in [5, 5.41) is 15.7. The first-order valence-electron chi connectivity index (χ1n) is 8.49. The minimum Gasteiger partial charge on any atom is -0.360 e. The van der Waals surface area contributed by atoms with Crippen molar-refractivity contribution in [2.45, 2.75) is 33.1 Å². The first kappa shape index (κ1) is 19.6.